The predicted octanol–water partition coefficient (Wildman–Crippen LogP) is 1.80. The molecule has 0 radical (unpaired) electrons. The first-order valence-electron chi connectivity index (χ1n) is 5.78. The Morgan fingerprint density at radius 3 is 2.76 bits per heavy atom. The van der Waals surface area contributed by atoms with Crippen molar-refractivity contribution in [3.05, 3.63) is 23.9 Å². The van der Waals surface area contributed by atoms with Crippen LogP contribution in [-0.4, -0.2) is 17.4 Å². The van der Waals surface area contributed by atoms with Crippen molar-refractivity contribution in [2.24, 2.45) is 12.8 Å². The molecule has 90 valence electrons. The van der Waals surface area contributed by atoms with Crippen molar-refractivity contribution in [2.75, 3.05) is 6.79 Å². The summed E-state index contributed by atoms with van der Waals surface area (Å²) in [6.45, 7) is 2.33. The molecular weight excluding hydrogens is 216 g/mol. The minimum atomic E-state index is 0.158. The number of nitrogens with two attached hydrogens (primary N) is 1. The number of nitrogens with zero attached hydrogens (tertiary/aromatic N) is 1. The van der Waals surface area contributed by atoms with Crippen LogP contribution in [0.2, 0.25) is 0 Å². The van der Waals surface area contributed by atoms with E-state index in [0.29, 0.717) is 6.79 Å². The lowest BCUT2D eigenvalue weighted by atomic mass is 10.1. The largest absolute Gasteiger partial charge is 0.454 e. The minimum absolute atomic E-state index is 0.158. The maximum atomic E-state index is 5.87. The van der Waals surface area contributed by atoms with E-state index < -0.39 is 0 Å². The summed E-state index contributed by atoms with van der Waals surface area (Å²) in [6.07, 6.45) is 3.00. The van der Waals surface area contributed by atoms with Crippen LogP contribution in [0.1, 0.15) is 12.5 Å². The highest BCUT2D eigenvalue weighted by molar-refractivity contribution is 5.87. The Hall–Kier alpha value is -1.68. The topological polar surface area (TPSA) is 49.4 Å². The third-order valence-corrected chi connectivity index (χ3v) is 3.11. The van der Waals surface area contributed by atoms with Crippen molar-refractivity contribution in [3.8, 4) is 11.5 Å². The molecule has 2 heterocycles. The van der Waals surface area contributed by atoms with Crippen LogP contribution >= 0.6 is 0 Å². The zero-order chi connectivity index (χ0) is 12.0. The number of hydrogen-bond acceptors (Lipinski definition) is 3. The average Bonchev–Trinajstić information content (AvgIpc) is 2.82. The van der Waals surface area contributed by atoms with Gasteiger partial charge in [0.2, 0.25) is 6.79 Å². The van der Waals surface area contributed by atoms with Gasteiger partial charge in [-0.05, 0) is 25.0 Å². The van der Waals surface area contributed by atoms with Crippen molar-refractivity contribution < 1.29 is 9.47 Å². The zero-order valence-corrected chi connectivity index (χ0v) is 10.1. The van der Waals surface area contributed by atoms with Crippen molar-refractivity contribution in [1.82, 2.24) is 4.57 Å². The molecular formula is C13H16N2O2. The van der Waals surface area contributed by atoms with Crippen molar-refractivity contribution in [2.45, 2.75) is 19.4 Å². The second-order valence-electron chi connectivity index (χ2n) is 4.67. The van der Waals surface area contributed by atoms with Crippen molar-refractivity contribution in [1.29, 1.82) is 0 Å². The lowest BCUT2D eigenvalue weighted by Crippen LogP contribution is -2.17. The standard InChI is InChI=1S/C13H16N2O2/c1-8(14)3-9-6-15(2)11-5-13-12(4-10(9)11)16-7-17-13/h4-6,8H,3,7,14H2,1-2H3. The Morgan fingerprint density at radius 2 is 2.06 bits per heavy atom. The third-order valence-electron chi connectivity index (χ3n) is 3.11. The van der Waals surface area contributed by atoms with Crippen LogP contribution in [0.25, 0.3) is 10.9 Å². The van der Waals surface area contributed by atoms with Crippen LogP contribution in [0.3, 0.4) is 0 Å². The second kappa shape index (κ2) is 3.67. The monoisotopic (exact) mass is 232 g/mol. The van der Waals surface area contributed by atoms with E-state index in [4.69, 9.17) is 15.2 Å². The fourth-order valence-electron chi connectivity index (χ4n) is 2.36. The van der Waals surface area contributed by atoms with Gasteiger partial charge < -0.3 is 19.8 Å². The summed E-state index contributed by atoms with van der Waals surface area (Å²) in [6, 6.07) is 4.24. The molecule has 0 saturated carbocycles. The molecule has 2 aromatic rings. The Labute approximate surface area is 99.9 Å². The summed E-state index contributed by atoms with van der Waals surface area (Å²) in [5.41, 5.74) is 8.29. The van der Waals surface area contributed by atoms with Crippen LogP contribution in [0.15, 0.2) is 18.3 Å². The molecule has 0 aliphatic carbocycles. The van der Waals surface area contributed by atoms with Gasteiger partial charge in [0.05, 0.1) is 5.52 Å². The lowest BCUT2D eigenvalue weighted by molar-refractivity contribution is 0.174. The van der Waals surface area contributed by atoms with Gasteiger partial charge in [0.25, 0.3) is 0 Å². The van der Waals surface area contributed by atoms with E-state index in [1.54, 1.807) is 0 Å². The molecule has 0 fully saturated rings. The van der Waals surface area contributed by atoms with Gasteiger partial charge in [-0.3, -0.25) is 0 Å². The van der Waals surface area contributed by atoms with Crippen molar-refractivity contribution >= 4 is 10.9 Å². The molecule has 0 spiro atoms. The first kappa shape index (κ1) is 10.5. The van der Waals surface area contributed by atoms with E-state index in [2.05, 4.69) is 16.8 Å². The highest BCUT2D eigenvalue weighted by Gasteiger charge is 2.17. The second-order valence-corrected chi connectivity index (χ2v) is 4.67. The normalized spacial score (nSPS) is 15.5. The van der Waals surface area contributed by atoms with E-state index in [-0.39, 0.29) is 6.04 Å². The Balaban J connectivity index is 2.18. The van der Waals surface area contributed by atoms with E-state index in [0.717, 1.165) is 23.4 Å². The Morgan fingerprint density at radius 1 is 1.35 bits per heavy atom. The molecule has 0 amide bonds. The molecule has 0 saturated heterocycles. The fraction of sp³-hybridized carbons (Fsp3) is 0.385. The average molecular weight is 232 g/mol. The van der Waals surface area contributed by atoms with Gasteiger partial charge in [-0.25, -0.2) is 0 Å². The van der Waals surface area contributed by atoms with Gasteiger partial charge in [-0.1, -0.05) is 0 Å². The van der Waals surface area contributed by atoms with Crippen LogP contribution in [-0.2, 0) is 13.5 Å². The number of fused-ring (bicyclic) bond motifs is 2. The van der Waals surface area contributed by atoms with Gasteiger partial charge in [0.15, 0.2) is 11.5 Å². The highest BCUT2D eigenvalue weighted by atomic mass is 16.7. The maximum absolute atomic E-state index is 5.87. The van der Waals surface area contributed by atoms with Crippen LogP contribution in [0.5, 0.6) is 11.5 Å². The molecule has 0 bridgehead atoms. The summed E-state index contributed by atoms with van der Waals surface area (Å²) < 4.78 is 12.9. The van der Waals surface area contributed by atoms with Gasteiger partial charge >= 0.3 is 0 Å². The summed E-state index contributed by atoms with van der Waals surface area (Å²) in [5, 5.41) is 1.20. The summed E-state index contributed by atoms with van der Waals surface area (Å²) in [5.74, 6) is 1.65. The number of aryl methyl sites for hydroxylation is 1. The first-order valence-corrected chi connectivity index (χ1v) is 5.78. The van der Waals surface area contributed by atoms with Gasteiger partial charge in [-0.2, -0.15) is 0 Å². The third kappa shape index (κ3) is 1.65. The molecule has 4 nitrogen and oxygen atoms in total. The van der Waals surface area contributed by atoms with Gasteiger partial charge in [0.1, 0.15) is 0 Å². The quantitative estimate of drug-likeness (QED) is 0.859. The summed E-state index contributed by atoms with van der Waals surface area (Å²) in [4.78, 5) is 0. The fourth-order valence-corrected chi connectivity index (χ4v) is 2.36. The number of hydrogen-bond donors (Lipinski definition) is 1. The lowest BCUT2D eigenvalue weighted by Gasteiger charge is -2.03. The minimum Gasteiger partial charge on any atom is -0.454 e. The number of benzene rings is 1. The molecule has 17 heavy (non-hydrogen) atoms. The number of aromatic nitrogens is 1. The predicted molar refractivity (Wildman–Crippen MR) is 66.4 cm³/mol. The van der Waals surface area contributed by atoms with Crippen LogP contribution in [0, 0.1) is 0 Å². The molecule has 4 heteroatoms. The number of ether oxygens (including phenoxy) is 2. The van der Waals surface area contributed by atoms with E-state index >= 15 is 0 Å². The SMILES string of the molecule is CC(N)Cc1cn(C)c2cc3c(cc12)OCO3. The Kier molecular flexibility index (Phi) is 2.26. The van der Waals surface area contributed by atoms with Gasteiger partial charge in [-0.15, -0.1) is 0 Å². The summed E-state index contributed by atoms with van der Waals surface area (Å²) in [7, 11) is 2.04. The molecule has 1 aromatic carbocycles. The molecule has 1 aliphatic heterocycles. The molecule has 1 aromatic heterocycles. The molecule has 1 aliphatic rings. The summed E-state index contributed by atoms with van der Waals surface area (Å²) >= 11 is 0. The molecule has 2 N–H and O–H groups in total. The Bertz CT molecular complexity index is 572. The molecule has 3 rings (SSSR count). The van der Waals surface area contributed by atoms with Crippen molar-refractivity contribution in [3.63, 3.8) is 0 Å². The van der Waals surface area contributed by atoms with Crippen LogP contribution in [0.4, 0.5) is 0 Å². The molecule has 1 atom stereocenters. The number of rotatable bonds is 2. The first-order chi connectivity index (χ1) is 8.15. The van der Waals surface area contributed by atoms with E-state index in [1.807, 2.05) is 20.0 Å². The highest BCUT2D eigenvalue weighted by Crippen LogP contribution is 2.37. The smallest absolute Gasteiger partial charge is 0.231 e. The zero-order valence-electron chi connectivity index (χ0n) is 10.1. The van der Waals surface area contributed by atoms with Crippen LogP contribution < -0.4 is 15.2 Å². The van der Waals surface area contributed by atoms with E-state index in [9.17, 15) is 0 Å². The van der Waals surface area contributed by atoms with E-state index in [1.165, 1.54) is 10.9 Å². The maximum Gasteiger partial charge on any atom is 0.231 e. The van der Waals surface area contributed by atoms with Gasteiger partial charge in [0, 0.05) is 30.7 Å². The molecule has 1 unspecified atom stereocenters.